The number of carbonyl (C=O) groups excluding carboxylic acids is 1. The van der Waals surface area contributed by atoms with Gasteiger partial charge in [0.2, 0.25) is 5.91 Å². The molecule has 6 nitrogen and oxygen atoms in total. The van der Waals surface area contributed by atoms with Crippen molar-refractivity contribution in [2.75, 3.05) is 19.6 Å². The van der Waals surface area contributed by atoms with E-state index in [-0.39, 0.29) is 22.8 Å². The van der Waals surface area contributed by atoms with Crippen LogP contribution in [-0.4, -0.2) is 49.4 Å². The fraction of sp³-hybridized carbons (Fsp3) is 0.440. The van der Waals surface area contributed by atoms with Gasteiger partial charge >= 0.3 is 0 Å². The van der Waals surface area contributed by atoms with E-state index in [1.807, 2.05) is 38.1 Å². The Labute approximate surface area is 193 Å². The van der Waals surface area contributed by atoms with Gasteiger partial charge in [-0.2, -0.15) is 0 Å². The molecule has 0 unspecified atom stereocenters. The van der Waals surface area contributed by atoms with E-state index in [2.05, 4.69) is 25.8 Å². The molecule has 32 heavy (non-hydrogen) atoms. The highest BCUT2D eigenvalue weighted by molar-refractivity contribution is 7.89. The average Bonchev–Trinajstić information content (AvgIpc) is 2.76. The van der Waals surface area contributed by atoms with Gasteiger partial charge in [-0.1, -0.05) is 51.1 Å². The first-order valence-electron chi connectivity index (χ1n) is 11.0. The normalized spacial score (nSPS) is 19.3. The summed E-state index contributed by atoms with van der Waals surface area (Å²) in [7, 11) is -3.95. The average molecular weight is 458 g/mol. The first-order valence-corrected chi connectivity index (χ1v) is 12.5. The minimum absolute atomic E-state index is 0.0877. The Balaban J connectivity index is 2.51. The van der Waals surface area contributed by atoms with E-state index >= 15 is 0 Å². The van der Waals surface area contributed by atoms with Crippen LogP contribution in [0.5, 0.6) is 0 Å². The van der Waals surface area contributed by atoms with Gasteiger partial charge in [-0.3, -0.25) is 14.1 Å². The van der Waals surface area contributed by atoms with Crippen LogP contribution in [0.4, 0.5) is 0 Å². The van der Waals surface area contributed by atoms with E-state index in [0.717, 1.165) is 5.56 Å². The van der Waals surface area contributed by atoms with Crippen molar-refractivity contribution in [2.45, 2.75) is 57.8 Å². The molecule has 0 spiro atoms. The van der Waals surface area contributed by atoms with Crippen molar-refractivity contribution in [2.24, 2.45) is 4.99 Å². The van der Waals surface area contributed by atoms with Crippen molar-refractivity contribution in [1.82, 2.24) is 9.21 Å². The Hall–Kier alpha value is -2.67. The van der Waals surface area contributed by atoms with Crippen LogP contribution in [0.25, 0.3) is 0 Å². The van der Waals surface area contributed by atoms with E-state index in [9.17, 15) is 13.2 Å². The van der Waals surface area contributed by atoms with Crippen molar-refractivity contribution in [1.29, 1.82) is 0 Å². The van der Waals surface area contributed by atoms with Crippen LogP contribution in [-0.2, 0) is 20.2 Å². The van der Waals surface area contributed by atoms with E-state index in [4.69, 9.17) is 0 Å². The molecule has 0 bridgehead atoms. The molecule has 1 heterocycles. The summed E-state index contributed by atoms with van der Waals surface area (Å²) in [4.78, 5) is 18.9. The zero-order valence-electron chi connectivity index (χ0n) is 19.8. The first kappa shape index (κ1) is 25.6. The highest BCUT2D eigenvalue weighted by Crippen LogP contribution is 2.27. The highest BCUT2D eigenvalue weighted by atomic mass is 32.2. The van der Waals surface area contributed by atoms with Crippen molar-refractivity contribution in [3.8, 4) is 0 Å². The molecular formula is C25H35N3O3S. The fourth-order valence-corrected chi connectivity index (χ4v) is 4.78. The van der Waals surface area contributed by atoms with Crippen molar-refractivity contribution in [3.63, 3.8) is 0 Å². The predicted octanol–water partition coefficient (Wildman–Crippen LogP) is 4.66. The second-order valence-corrected chi connectivity index (χ2v) is 10.5. The number of aliphatic imine (C=N–C) groups is 1. The lowest BCUT2D eigenvalue weighted by Crippen LogP contribution is -2.42. The molecule has 1 amide bonds. The number of hydrogen-bond acceptors (Lipinski definition) is 4. The Morgan fingerprint density at radius 1 is 1.06 bits per heavy atom. The number of carbonyl (C=O) groups is 1. The molecule has 7 heteroatoms. The third-order valence-electron chi connectivity index (χ3n) is 5.31. The Kier molecular flexibility index (Phi) is 9.01. The quantitative estimate of drug-likeness (QED) is 0.598. The number of amides is 1. The lowest BCUT2D eigenvalue weighted by Gasteiger charge is -2.29. The molecule has 0 fully saturated rings. The molecule has 0 atom stereocenters. The van der Waals surface area contributed by atoms with Crippen LogP contribution in [0.15, 0.2) is 70.4 Å². The van der Waals surface area contributed by atoms with Crippen LogP contribution in [0.2, 0.25) is 0 Å². The molecule has 0 aliphatic carbocycles. The number of sulfonamides is 1. The summed E-state index contributed by atoms with van der Waals surface area (Å²) < 4.78 is 28.7. The van der Waals surface area contributed by atoms with E-state index in [1.165, 1.54) is 4.31 Å². The third kappa shape index (κ3) is 6.66. The standard InChI is InChI=1S/C25H35N3O3S/c1-6-27(7-2)24(29)20-28(22-12-9-8-10-18-26-19-11-13-22)32(30,31)23-16-14-21(15-17-23)25(3,4)5/h8-9,11-12,14-19H,6-7,10,13,20H2,1-5H3/b9-8-,19-11-,22-12+,26-18-. The molecule has 174 valence electrons. The second-order valence-electron chi connectivity index (χ2n) is 8.59. The molecule has 1 aromatic carbocycles. The summed E-state index contributed by atoms with van der Waals surface area (Å²) >= 11 is 0. The maximum atomic E-state index is 13.7. The summed E-state index contributed by atoms with van der Waals surface area (Å²) in [6.45, 7) is 10.8. The number of benzene rings is 1. The number of nitrogens with zero attached hydrogens (tertiary/aromatic N) is 3. The van der Waals surface area contributed by atoms with Crippen LogP contribution in [0.3, 0.4) is 0 Å². The second kappa shape index (κ2) is 11.3. The van der Waals surface area contributed by atoms with Gasteiger partial charge in [-0.25, -0.2) is 8.42 Å². The summed E-state index contributed by atoms with van der Waals surface area (Å²) in [5.41, 5.74) is 1.48. The van der Waals surface area contributed by atoms with Crippen molar-refractivity contribution >= 4 is 22.1 Å². The van der Waals surface area contributed by atoms with Crippen LogP contribution >= 0.6 is 0 Å². The van der Waals surface area contributed by atoms with Gasteiger partial charge in [0.1, 0.15) is 6.54 Å². The van der Waals surface area contributed by atoms with Crippen LogP contribution in [0.1, 0.15) is 53.0 Å². The molecule has 0 aromatic heterocycles. The summed E-state index contributed by atoms with van der Waals surface area (Å²) in [6.07, 6.45) is 11.7. The lowest BCUT2D eigenvalue weighted by atomic mass is 9.87. The van der Waals surface area contributed by atoms with Gasteiger partial charge in [0.25, 0.3) is 10.0 Å². The van der Waals surface area contributed by atoms with Gasteiger partial charge in [0.15, 0.2) is 0 Å². The number of hydrogen-bond donors (Lipinski definition) is 0. The molecule has 0 N–H and O–H groups in total. The van der Waals surface area contributed by atoms with Gasteiger partial charge < -0.3 is 4.90 Å². The molecule has 1 aromatic rings. The lowest BCUT2D eigenvalue weighted by molar-refractivity contribution is -0.130. The minimum atomic E-state index is -3.95. The monoisotopic (exact) mass is 457 g/mol. The Bertz CT molecular complexity index is 994. The topological polar surface area (TPSA) is 70.1 Å². The minimum Gasteiger partial charge on any atom is -0.342 e. The Morgan fingerprint density at radius 3 is 2.31 bits per heavy atom. The van der Waals surface area contributed by atoms with Gasteiger partial charge in [0, 0.05) is 44.0 Å². The maximum Gasteiger partial charge on any atom is 0.264 e. The first-order chi connectivity index (χ1) is 15.1. The third-order valence-corrected chi connectivity index (χ3v) is 7.13. The fourth-order valence-electron chi connectivity index (χ4n) is 3.32. The SMILES string of the molecule is CCN(CC)C(=O)CN(/C1=C/C=C\C/C=N\C=C/C1)S(=O)(=O)c1ccc(C(C)(C)C)cc1. The Morgan fingerprint density at radius 2 is 1.72 bits per heavy atom. The van der Waals surface area contributed by atoms with Crippen LogP contribution < -0.4 is 0 Å². The number of allylic oxidation sites excluding steroid dienone is 4. The van der Waals surface area contributed by atoms with Gasteiger partial charge in [-0.15, -0.1) is 0 Å². The largest absolute Gasteiger partial charge is 0.342 e. The van der Waals surface area contributed by atoms with Gasteiger partial charge in [-0.05, 0) is 43.0 Å². The number of likely N-dealkylation sites (N-methyl/N-ethyl adjacent to an activating group) is 1. The van der Waals surface area contributed by atoms with Crippen LogP contribution in [0, 0.1) is 0 Å². The molecule has 0 radical (unpaired) electrons. The maximum absolute atomic E-state index is 13.7. The van der Waals surface area contributed by atoms with Crippen molar-refractivity contribution in [3.05, 3.63) is 66.0 Å². The summed E-state index contributed by atoms with van der Waals surface area (Å²) in [5, 5.41) is 0. The predicted molar refractivity (Wildman–Crippen MR) is 131 cm³/mol. The molecule has 1 aliphatic heterocycles. The molecule has 0 saturated heterocycles. The zero-order chi connectivity index (χ0) is 23.8. The number of rotatable bonds is 7. The van der Waals surface area contributed by atoms with Gasteiger partial charge in [0.05, 0.1) is 4.90 Å². The molecule has 0 saturated carbocycles. The van der Waals surface area contributed by atoms with E-state index in [1.54, 1.807) is 41.6 Å². The molecule has 2 rings (SSSR count). The smallest absolute Gasteiger partial charge is 0.264 e. The molecule has 1 aliphatic rings. The van der Waals surface area contributed by atoms with Crippen molar-refractivity contribution < 1.29 is 13.2 Å². The zero-order valence-corrected chi connectivity index (χ0v) is 20.6. The molecular weight excluding hydrogens is 422 g/mol. The summed E-state index contributed by atoms with van der Waals surface area (Å²) in [6, 6.07) is 6.93. The van der Waals surface area contributed by atoms with E-state index in [0.29, 0.717) is 31.6 Å². The summed E-state index contributed by atoms with van der Waals surface area (Å²) in [5.74, 6) is -0.228. The van der Waals surface area contributed by atoms with E-state index < -0.39 is 10.0 Å². The highest BCUT2D eigenvalue weighted by Gasteiger charge is 2.29.